The van der Waals surface area contributed by atoms with E-state index in [2.05, 4.69) is 53.8 Å². The topological polar surface area (TPSA) is 38.3 Å². The Morgan fingerprint density at radius 1 is 1.00 bits per heavy atom. The summed E-state index contributed by atoms with van der Waals surface area (Å²) in [6, 6.07) is 21.0. The predicted molar refractivity (Wildman–Crippen MR) is 98.5 cm³/mol. The zero-order valence-corrected chi connectivity index (χ0v) is 14.5. The number of nitrogens with one attached hydrogen (secondary N) is 1. The van der Waals surface area contributed by atoms with Crippen LogP contribution in [0.2, 0.25) is 0 Å². The summed E-state index contributed by atoms with van der Waals surface area (Å²) in [7, 11) is 0. The summed E-state index contributed by atoms with van der Waals surface area (Å²) in [5.41, 5.74) is 2.60. The van der Waals surface area contributed by atoms with Crippen molar-refractivity contribution >= 4 is 5.91 Å². The van der Waals surface area contributed by atoms with Gasteiger partial charge in [0.1, 0.15) is 0 Å². The monoisotopic (exact) mass is 335 g/mol. The Hall–Kier alpha value is -2.13. The van der Waals surface area contributed by atoms with Crippen LogP contribution in [0, 0.1) is 5.92 Å². The normalized spacial score (nSPS) is 24.5. The summed E-state index contributed by atoms with van der Waals surface area (Å²) < 4.78 is 5.58. The molecule has 3 heteroatoms. The summed E-state index contributed by atoms with van der Waals surface area (Å²) >= 11 is 0. The zero-order chi connectivity index (χ0) is 17.1. The van der Waals surface area contributed by atoms with E-state index < -0.39 is 0 Å². The highest BCUT2D eigenvalue weighted by Gasteiger charge is 2.44. The van der Waals surface area contributed by atoms with Gasteiger partial charge in [0.15, 0.2) is 0 Å². The summed E-state index contributed by atoms with van der Waals surface area (Å²) in [6.45, 7) is 2.24. The molecule has 4 rings (SSSR count). The summed E-state index contributed by atoms with van der Waals surface area (Å²) in [5.74, 6) is 0.731. The average Bonchev–Trinajstić information content (AvgIpc) is 3.49. The van der Waals surface area contributed by atoms with Crippen LogP contribution < -0.4 is 5.32 Å². The van der Waals surface area contributed by atoms with E-state index in [1.54, 1.807) is 0 Å². The number of amides is 1. The van der Waals surface area contributed by atoms with Crippen molar-refractivity contribution in [1.29, 1.82) is 0 Å². The van der Waals surface area contributed by atoms with Gasteiger partial charge in [-0.2, -0.15) is 0 Å². The number of rotatable bonds is 5. The molecule has 1 heterocycles. The molecule has 3 nitrogen and oxygen atoms in total. The molecule has 2 fully saturated rings. The van der Waals surface area contributed by atoms with Crippen molar-refractivity contribution in [2.75, 3.05) is 19.8 Å². The van der Waals surface area contributed by atoms with Crippen molar-refractivity contribution in [1.82, 2.24) is 5.32 Å². The Morgan fingerprint density at radius 3 is 2.32 bits per heavy atom. The molecule has 2 aromatic carbocycles. The molecule has 0 radical (unpaired) electrons. The van der Waals surface area contributed by atoms with Crippen molar-refractivity contribution in [3.05, 3.63) is 71.8 Å². The molecule has 2 aliphatic rings. The van der Waals surface area contributed by atoms with Gasteiger partial charge in [0.05, 0.1) is 0 Å². The van der Waals surface area contributed by atoms with Crippen LogP contribution in [0.25, 0.3) is 0 Å². The highest BCUT2D eigenvalue weighted by Crippen LogP contribution is 2.47. The van der Waals surface area contributed by atoms with Crippen LogP contribution >= 0.6 is 0 Å². The van der Waals surface area contributed by atoms with E-state index in [0.29, 0.717) is 12.5 Å². The maximum atomic E-state index is 12.7. The van der Waals surface area contributed by atoms with Crippen LogP contribution in [0.4, 0.5) is 0 Å². The predicted octanol–water partition coefficient (Wildman–Crippen LogP) is 3.65. The van der Waals surface area contributed by atoms with E-state index in [9.17, 15) is 4.79 Å². The number of carbonyl (C=O) groups is 1. The lowest BCUT2D eigenvalue weighted by Crippen LogP contribution is -2.45. The molecule has 1 aliphatic carbocycles. The fourth-order valence-corrected chi connectivity index (χ4v) is 4.06. The van der Waals surface area contributed by atoms with Crippen LogP contribution in [0.15, 0.2) is 60.7 Å². The fourth-order valence-electron chi connectivity index (χ4n) is 4.06. The third-order valence-electron chi connectivity index (χ3n) is 5.79. The molecular weight excluding hydrogens is 310 g/mol. The molecular formula is C22H25NO2. The lowest BCUT2D eigenvalue weighted by molar-refractivity contribution is -0.122. The van der Waals surface area contributed by atoms with Gasteiger partial charge in [0, 0.05) is 31.1 Å². The van der Waals surface area contributed by atoms with E-state index >= 15 is 0 Å². The average molecular weight is 335 g/mol. The first-order valence-corrected chi connectivity index (χ1v) is 9.24. The van der Waals surface area contributed by atoms with Crippen molar-refractivity contribution < 1.29 is 9.53 Å². The lowest BCUT2D eigenvalue weighted by atomic mass is 9.74. The second-order valence-corrected chi connectivity index (χ2v) is 7.34. The van der Waals surface area contributed by atoms with Crippen LogP contribution in [-0.2, 0) is 14.9 Å². The third-order valence-corrected chi connectivity index (χ3v) is 5.79. The lowest BCUT2D eigenvalue weighted by Gasteiger charge is -2.38. The second kappa shape index (κ2) is 7.01. The van der Waals surface area contributed by atoms with Crippen LogP contribution in [0.1, 0.15) is 36.3 Å². The van der Waals surface area contributed by atoms with Gasteiger partial charge in [-0.25, -0.2) is 0 Å². The molecule has 2 unspecified atom stereocenters. The summed E-state index contributed by atoms with van der Waals surface area (Å²) in [5, 5.41) is 3.26. The molecule has 2 aromatic rings. The minimum absolute atomic E-state index is 0.00625. The number of ether oxygens (including phenoxy) is 1. The molecule has 1 amide bonds. The summed E-state index contributed by atoms with van der Waals surface area (Å²) in [4.78, 5) is 12.7. The molecule has 25 heavy (non-hydrogen) atoms. The molecule has 1 saturated heterocycles. The van der Waals surface area contributed by atoms with E-state index in [4.69, 9.17) is 4.74 Å². The van der Waals surface area contributed by atoms with Gasteiger partial charge in [-0.15, -0.1) is 0 Å². The SMILES string of the molecule is O=C(NCC1(c2ccccc2)CCOCC1)C1CC1c1ccccc1. The Labute approximate surface area is 149 Å². The zero-order valence-electron chi connectivity index (χ0n) is 14.5. The number of benzene rings is 2. The highest BCUT2D eigenvalue weighted by atomic mass is 16.5. The Bertz CT molecular complexity index is 707. The highest BCUT2D eigenvalue weighted by molar-refractivity contribution is 5.83. The Balaban J connectivity index is 1.41. The van der Waals surface area contributed by atoms with E-state index in [1.165, 1.54) is 11.1 Å². The van der Waals surface area contributed by atoms with Crippen molar-refractivity contribution in [3.63, 3.8) is 0 Å². The van der Waals surface area contributed by atoms with E-state index in [1.807, 2.05) is 12.1 Å². The van der Waals surface area contributed by atoms with Gasteiger partial charge >= 0.3 is 0 Å². The van der Waals surface area contributed by atoms with Crippen molar-refractivity contribution in [2.45, 2.75) is 30.6 Å². The van der Waals surface area contributed by atoms with E-state index in [0.717, 1.165) is 32.5 Å². The first-order chi connectivity index (χ1) is 12.3. The van der Waals surface area contributed by atoms with Gasteiger partial charge in [-0.05, 0) is 36.3 Å². The number of carbonyl (C=O) groups excluding carboxylic acids is 1. The van der Waals surface area contributed by atoms with Gasteiger partial charge in [-0.1, -0.05) is 60.7 Å². The minimum Gasteiger partial charge on any atom is -0.381 e. The smallest absolute Gasteiger partial charge is 0.223 e. The molecule has 0 aromatic heterocycles. The van der Waals surface area contributed by atoms with Crippen molar-refractivity contribution in [2.24, 2.45) is 5.92 Å². The molecule has 0 spiro atoms. The molecule has 2 atom stereocenters. The molecule has 1 aliphatic heterocycles. The quantitative estimate of drug-likeness (QED) is 0.906. The largest absolute Gasteiger partial charge is 0.381 e. The maximum Gasteiger partial charge on any atom is 0.223 e. The van der Waals surface area contributed by atoms with Gasteiger partial charge in [0.25, 0.3) is 0 Å². The van der Waals surface area contributed by atoms with Crippen LogP contribution in [-0.4, -0.2) is 25.7 Å². The molecule has 0 bridgehead atoms. The number of hydrogen-bond donors (Lipinski definition) is 1. The standard InChI is InChI=1S/C22H25NO2/c24-21(20-15-19(20)17-7-3-1-4-8-17)23-16-22(11-13-25-14-12-22)18-9-5-2-6-10-18/h1-10,19-20H,11-16H2,(H,23,24). The van der Waals surface area contributed by atoms with Gasteiger partial charge in [-0.3, -0.25) is 4.79 Å². The summed E-state index contributed by atoms with van der Waals surface area (Å²) in [6.07, 6.45) is 2.89. The maximum absolute atomic E-state index is 12.7. The Morgan fingerprint density at radius 2 is 1.64 bits per heavy atom. The first kappa shape index (κ1) is 16.3. The third kappa shape index (κ3) is 3.47. The number of hydrogen-bond acceptors (Lipinski definition) is 2. The van der Waals surface area contributed by atoms with E-state index in [-0.39, 0.29) is 17.2 Å². The fraction of sp³-hybridized carbons (Fsp3) is 0.409. The van der Waals surface area contributed by atoms with Gasteiger partial charge in [0.2, 0.25) is 5.91 Å². The second-order valence-electron chi connectivity index (χ2n) is 7.34. The van der Waals surface area contributed by atoms with Gasteiger partial charge < -0.3 is 10.1 Å². The van der Waals surface area contributed by atoms with Crippen LogP contribution in [0.3, 0.4) is 0 Å². The Kier molecular flexibility index (Phi) is 4.58. The first-order valence-electron chi connectivity index (χ1n) is 9.24. The molecule has 130 valence electrons. The van der Waals surface area contributed by atoms with Crippen molar-refractivity contribution in [3.8, 4) is 0 Å². The van der Waals surface area contributed by atoms with Crippen LogP contribution in [0.5, 0.6) is 0 Å². The minimum atomic E-state index is 0.00625. The molecule has 1 saturated carbocycles. The molecule has 1 N–H and O–H groups in total.